The Bertz CT molecular complexity index is 309. The monoisotopic (exact) mass is 215 g/mol. The van der Waals surface area contributed by atoms with E-state index in [9.17, 15) is 4.21 Å². The number of nitrogens with one attached hydrogen (secondary N) is 1. The predicted molar refractivity (Wildman–Crippen MR) is 58.7 cm³/mol. The summed E-state index contributed by atoms with van der Waals surface area (Å²) in [5.74, 6) is 0.957. The summed E-state index contributed by atoms with van der Waals surface area (Å²) in [7, 11) is -0.757. The van der Waals surface area contributed by atoms with Crippen LogP contribution in [0.5, 0.6) is 0 Å². The number of rotatable bonds is 5. The first-order valence-corrected chi connectivity index (χ1v) is 6.29. The van der Waals surface area contributed by atoms with Crippen LogP contribution in [0.2, 0.25) is 0 Å². The quantitative estimate of drug-likeness (QED) is 0.808. The molecule has 0 spiro atoms. The molecule has 4 heteroatoms. The Morgan fingerprint density at radius 1 is 1.64 bits per heavy atom. The van der Waals surface area contributed by atoms with E-state index in [1.807, 2.05) is 19.9 Å². The molecule has 0 fully saturated rings. The van der Waals surface area contributed by atoms with Crippen molar-refractivity contribution in [3.05, 3.63) is 23.7 Å². The molecule has 1 aromatic heterocycles. The van der Waals surface area contributed by atoms with Gasteiger partial charge in [-0.05, 0) is 25.5 Å². The van der Waals surface area contributed by atoms with Crippen LogP contribution in [0, 0.1) is 6.92 Å². The van der Waals surface area contributed by atoms with Gasteiger partial charge >= 0.3 is 0 Å². The smallest absolute Gasteiger partial charge is 0.120 e. The van der Waals surface area contributed by atoms with Crippen molar-refractivity contribution in [1.29, 1.82) is 0 Å². The fourth-order valence-corrected chi connectivity index (χ4v) is 1.44. The summed E-state index contributed by atoms with van der Waals surface area (Å²) < 4.78 is 16.3. The normalized spacial score (nSPS) is 15.4. The van der Waals surface area contributed by atoms with Gasteiger partial charge in [-0.1, -0.05) is 0 Å². The van der Waals surface area contributed by atoms with E-state index in [1.165, 1.54) is 0 Å². The van der Waals surface area contributed by atoms with Gasteiger partial charge in [0.25, 0.3) is 0 Å². The number of hydrogen-bond donors (Lipinski definition) is 1. The van der Waals surface area contributed by atoms with Crippen molar-refractivity contribution < 1.29 is 8.63 Å². The van der Waals surface area contributed by atoms with Crippen LogP contribution in [0.4, 0.5) is 0 Å². The molecular weight excluding hydrogens is 198 g/mol. The summed E-state index contributed by atoms with van der Waals surface area (Å²) in [6.07, 6.45) is 3.41. The van der Waals surface area contributed by atoms with Gasteiger partial charge in [0.2, 0.25) is 0 Å². The first kappa shape index (κ1) is 11.5. The topological polar surface area (TPSA) is 42.2 Å². The van der Waals surface area contributed by atoms with Gasteiger partial charge in [-0.2, -0.15) is 0 Å². The fraction of sp³-hybridized carbons (Fsp3) is 0.600. The summed E-state index contributed by atoms with van der Waals surface area (Å²) in [6.45, 7) is 5.45. The highest BCUT2D eigenvalue weighted by atomic mass is 32.2. The summed E-state index contributed by atoms with van der Waals surface area (Å²) in [5, 5.41) is 3.41. The molecule has 0 radical (unpaired) electrons. The largest absolute Gasteiger partial charge is 0.468 e. The lowest BCUT2D eigenvalue weighted by Crippen LogP contribution is -2.27. The highest BCUT2D eigenvalue weighted by Crippen LogP contribution is 2.07. The van der Waals surface area contributed by atoms with Crippen molar-refractivity contribution in [3.8, 4) is 0 Å². The van der Waals surface area contributed by atoms with E-state index in [2.05, 4.69) is 5.32 Å². The molecule has 0 aromatic carbocycles. The van der Waals surface area contributed by atoms with Crippen molar-refractivity contribution in [2.75, 3.05) is 12.8 Å². The average Bonchev–Trinajstić information content (AvgIpc) is 2.51. The zero-order valence-electron chi connectivity index (χ0n) is 8.87. The Morgan fingerprint density at radius 2 is 2.36 bits per heavy atom. The van der Waals surface area contributed by atoms with Gasteiger partial charge < -0.3 is 9.73 Å². The second-order valence-electron chi connectivity index (χ2n) is 3.47. The molecule has 14 heavy (non-hydrogen) atoms. The summed E-state index contributed by atoms with van der Waals surface area (Å²) >= 11 is 0. The third-order valence-electron chi connectivity index (χ3n) is 2.25. The molecule has 0 aliphatic heterocycles. The van der Waals surface area contributed by atoms with Gasteiger partial charge in [-0.3, -0.25) is 4.21 Å². The second-order valence-corrected chi connectivity index (χ2v) is 5.27. The van der Waals surface area contributed by atoms with Gasteiger partial charge in [-0.15, -0.1) is 0 Å². The van der Waals surface area contributed by atoms with E-state index in [-0.39, 0.29) is 5.25 Å². The molecule has 1 N–H and O–H groups in total. The molecule has 0 bridgehead atoms. The van der Waals surface area contributed by atoms with Crippen molar-refractivity contribution in [2.24, 2.45) is 0 Å². The van der Waals surface area contributed by atoms with Crippen LogP contribution >= 0.6 is 0 Å². The lowest BCUT2D eigenvalue weighted by molar-refractivity contribution is 0.480. The maximum Gasteiger partial charge on any atom is 0.120 e. The Hall–Kier alpha value is -0.610. The maximum absolute atomic E-state index is 11.1. The molecule has 2 unspecified atom stereocenters. The number of aryl methyl sites for hydroxylation is 1. The summed E-state index contributed by atoms with van der Waals surface area (Å²) in [5.41, 5.74) is 1.16. The molecule has 0 amide bonds. The SMILES string of the molecule is Cc1ccoc1CNCC(C)S(C)=O. The minimum absolute atomic E-state index is 0.185. The molecule has 1 rings (SSSR count). The molecule has 0 aliphatic rings. The van der Waals surface area contributed by atoms with E-state index in [0.717, 1.165) is 17.9 Å². The highest BCUT2D eigenvalue weighted by molar-refractivity contribution is 7.84. The Balaban J connectivity index is 2.29. The van der Waals surface area contributed by atoms with Crippen LogP contribution in [0.3, 0.4) is 0 Å². The lowest BCUT2D eigenvalue weighted by Gasteiger charge is -2.08. The summed E-state index contributed by atoms with van der Waals surface area (Å²) in [6, 6.07) is 1.94. The minimum Gasteiger partial charge on any atom is -0.468 e. The Kier molecular flexibility index (Phi) is 4.35. The molecule has 3 nitrogen and oxygen atoms in total. The highest BCUT2D eigenvalue weighted by Gasteiger charge is 2.06. The zero-order chi connectivity index (χ0) is 10.6. The van der Waals surface area contributed by atoms with Crippen LogP contribution in [-0.2, 0) is 17.3 Å². The third-order valence-corrected chi connectivity index (χ3v) is 3.55. The van der Waals surface area contributed by atoms with Crippen molar-refractivity contribution in [1.82, 2.24) is 5.32 Å². The predicted octanol–water partition coefficient (Wildman–Crippen LogP) is 1.44. The molecule has 0 aliphatic carbocycles. The van der Waals surface area contributed by atoms with Gasteiger partial charge in [0.1, 0.15) is 5.76 Å². The van der Waals surface area contributed by atoms with Crippen molar-refractivity contribution in [3.63, 3.8) is 0 Å². The van der Waals surface area contributed by atoms with Crippen LogP contribution < -0.4 is 5.32 Å². The van der Waals surface area contributed by atoms with Gasteiger partial charge in [-0.25, -0.2) is 0 Å². The van der Waals surface area contributed by atoms with Gasteiger partial charge in [0, 0.05) is 28.9 Å². The number of furan rings is 1. The van der Waals surface area contributed by atoms with E-state index in [0.29, 0.717) is 6.54 Å². The molecule has 0 saturated heterocycles. The van der Waals surface area contributed by atoms with Gasteiger partial charge in [0.05, 0.1) is 12.8 Å². The molecular formula is C10H17NO2S. The van der Waals surface area contributed by atoms with E-state index in [4.69, 9.17) is 4.42 Å². The lowest BCUT2D eigenvalue weighted by atomic mass is 10.3. The second kappa shape index (κ2) is 5.32. The van der Waals surface area contributed by atoms with Crippen LogP contribution in [0.15, 0.2) is 16.7 Å². The number of hydrogen-bond acceptors (Lipinski definition) is 3. The van der Waals surface area contributed by atoms with Crippen molar-refractivity contribution >= 4 is 10.8 Å². The van der Waals surface area contributed by atoms with E-state index in [1.54, 1.807) is 12.5 Å². The molecule has 1 heterocycles. The Morgan fingerprint density at radius 3 is 2.86 bits per heavy atom. The molecule has 0 saturated carbocycles. The van der Waals surface area contributed by atoms with E-state index >= 15 is 0 Å². The zero-order valence-corrected chi connectivity index (χ0v) is 9.69. The van der Waals surface area contributed by atoms with Gasteiger partial charge in [0.15, 0.2) is 0 Å². The average molecular weight is 215 g/mol. The fourth-order valence-electron chi connectivity index (χ4n) is 1.09. The first-order valence-electron chi connectivity index (χ1n) is 4.67. The van der Waals surface area contributed by atoms with Crippen LogP contribution in [-0.4, -0.2) is 22.3 Å². The molecule has 1 aromatic rings. The molecule has 80 valence electrons. The van der Waals surface area contributed by atoms with Crippen LogP contribution in [0.1, 0.15) is 18.2 Å². The van der Waals surface area contributed by atoms with E-state index < -0.39 is 10.8 Å². The minimum atomic E-state index is -0.757. The summed E-state index contributed by atoms with van der Waals surface area (Å²) in [4.78, 5) is 0. The van der Waals surface area contributed by atoms with Crippen LogP contribution in [0.25, 0.3) is 0 Å². The Labute approximate surface area is 87.3 Å². The standard InChI is InChI=1S/C10H17NO2S/c1-8-4-5-13-10(8)7-11-6-9(2)14(3)12/h4-5,9,11H,6-7H2,1-3H3. The maximum atomic E-state index is 11.1. The third kappa shape index (κ3) is 3.27. The first-order chi connectivity index (χ1) is 6.61. The van der Waals surface area contributed by atoms with Crippen molar-refractivity contribution in [2.45, 2.75) is 25.6 Å². The molecule has 2 atom stereocenters.